The molecule has 5 rings (SSSR count). The third kappa shape index (κ3) is 3.06. The van der Waals surface area contributed by atoms with Crippen molar-refractivity contribution in [2.24, 2.45) is 0 Å². The summed E-state index contributed by atoms with van der Waals surface area (Å²) in [5.41, 5.74) is 12.4. The minimum absolute atomic E-state index is 0.149. The Labute approximate surface area is 166 Å². The highest BCUT2D eigenvalue weighted by Crippen LogP contribution is 2.37. The maximum atomic E-state index is 12.4. The average Bonchev–Trinajstić information content (AvgIpc) is 3.29. The highest BCUT2D eigenvalue weighted by Gasteiger charge is 2.25. The average molecular weight is 379 g/mol. The number of amides is 1. The lowest BCUT2D eigenvalue weighted by molar-refractivity contribution is -0.110. The Morgan fingerprint density at radius 3 is 2.69 bits per heavy atom. The Balaban J connectivity index is 1.49. The summed E-state index contributed by atoms with van der Waals surface area (Å²) in [6.45, 7) is 0. The number of nitrogen functional groups attached to an aromatic ring is 1. The molecule has 0 bridgehead atoms. The summed E-state index contributed by atoms with van der Waals surface area (Å²) in [5.74, 6) is -0.149. The molecule has 0 radical (unpaired) electrons. The molecule has 1 aliphatic heterocycles. The van der Waals surface area contributed by atoms with Gasteiger partial charge in [0.25, 0.3) is 5.91 Å². The number of nitrogens with zero attached hydrogens (tertiary/aromatic N) is 2. The third-order valence-corrected chi connectivity index (χ3v) is 4.94. The fraction of sp³-hybridized carbons (Fsp3) is 0. The summed E-state index contributed by atoms with van der Waals surface area (Å²) in [6.07, 6.45) is 9.35. The van der Waals surface area contributed by atoms with E-state index in [2.05, 4.69) is 20.5 Å². The number of H-pyrrole nitrogens is 1. The number of para-hydroxylation sites is 1. The first-order valence-corrected chi connectivity index (χ1v) is 9.17. The Morgan fingerprint density at radius 2 is 1.83 bits per heavy atom. The first kappa shape index (κ1) is 16.9. The minimum atomic E-state index is -0.149. The van der Waals surface area contributed by atoms with E-state index < -0.39 is 0 Å². The van der Waals surface area contributed by atoms with Crippen molar-refractivity contribution in [1.82, 2.24) is 15.2 Å². The molecule has 140 valence electrons. The predicted molar refractivity (Wildman–Crippen MR) is 117 cm³/mol. The zero-order chi connectivity index (χ0) is 19.8. The minimum Gasteiger partial charge on any atom is -0.397 e. The number of carbonyl (C=O) groups excluding carboxylic acids is 1. The second-order valence-electron chi connectivity index (χ2n) is 6.81. The fourth-order valence-corrected chi connectivity index (χ4v) is 3.47. The van der Waals surface area contributed by atoms with E-state index >= 15 is 0 Å². The van der Waals surface area contributed by atoms with Gasteiger partial charge in [0.15, 0.2) is 0 Å². The van der Waals surface area contributed by atoms with Gasteiger partial charge in [0.2, 0.25) is 0 Å². The van der Waals surface area contributed by atoms with Crippen LogP contribution >= 0.6 is 0 Å². The number of nitrogens with two attached hydrogens (primary N) is 1. The monoisotopic (exact) mass is 379 g/mol. The number of nitrogens with one attached hydrogen (secondary N) is 2. The summed E-state index contributed by atoms with van der Waals surface area (Å²) in [4.78, 5) is 16.4. The molecule has 0 saturated carbocycles. The molecule has 2 aromatic heterocycles. The number of carbonyl (C=O) groups is 1. The number of rotatable bonds is 3. The molecule has 6 nitrogen and oxygen atoms in total. The van der Waals surface area contributed by atoms with Crippen LogP contribution in [0, 0.1) is 0 Å². The van der Waals surface area contributed by atoms with Crippen molar-refractivity contribution in [2.75, 3.05) is 11.1 Å². The number of benzene rings is 2. The number of anilines is 2. The zero-order valence-electron chi connectivity index (χ0n) is 15.4. The fourth-order valence-electron chi connectivity index (χ4n) is 3.47. The van der Waals surface area contributed by atoms with E-state index in [1.165, 1.54) is 0 Å². The van der Waals surface area contributed by atoms with Crippen molar-refractivity contribution in [3.05, 3.63) is 83.3 Å². The van der Waals surface area contributed by atoms with Crippen LogP contribution in [0.4, 0.5) is 11.4 Å². The molecular weight excluding hydrogens is 362 g/mol. The van der Waals surface area contributed by atoms with Crippen molar-refractivity contribution in [3.63, 3.8) is 0 Å². The number of hydrogen-bond acceptors (Lipinski definition) is 4. The molecule has 6 heteroatoms. The molecule has 0 aliphatic carbocycles. The molecule has 0 unspecified atom stereocenters. The van der Waals surface area contributed by atoms with Crippen LogP contribution in [-0.2, 0) is 4.79 Å². The highest BCUT2D eigenvalue weighted by molar-refractivity contribution is 6.35. The zero-order valence-corrected chi connectivity index (χ0v) is 15.4. The van der Waals surface area contributed by atoms with E-state index in [-0.39, 0.29) is 5.91 Å². The van der Waals surface area contributed by atoms with Crippen LogP contribution in [0.25, 0.3) is 34.7 Å². The molecule has 1 aliphatic rings. The van der Waals surface area contributed by atoms with Crippen molar-refractivity contribution < 1.29 is 4.79 Å². The summed E-state index contributed by atoms with van der Waals surface area (Å²) in [5, 5.41) is 11.3. The lowest BCUT2D eigenvalue weighted by atomic mass is 10.0. The van der Waals surface area contributed by atoms with Gasteiger partial charge in [-0.3, -0.25) is 14.9 Å². The SMILES string of the molecule is Nc1cccc2c1NC(=O)/C2=C/c1ccc2c(/C=C/c3ccncc3)n[nH]c2c1. The van der Waals surface area contributed by atoms with E-state index in [9.17, 15) is 4.79 Å². The van der Waals surface area contributed by atoms with Crippen molar-refractivity contribution >= 4 is 52.0 Å². The van der Waals surface area contributed by atoms with E-state index in [1.807, 2.05) is 60.7 Å². The van der Waals surface area contributed by atoms with Gasteiger partial charge in [0.05, 0.1) is 22.6 Å². The number of aromatic nitrogens is 3. The van der Waals surface area contributed by atoms with E-state index in [0.29, 0.717) is 16.9 Å². The van der Waals surface area contributed by atoms with Gasteiger partial charge in [0.1, 0.15) is 0 Å². The molecule has 0 atom stereocenters. The normalized spacial score (nSPS) is 14.6. The smallest absolute Gasteiger partial charge is 0.256 e. The Morgan fingerprint density at radius 1 is 0.966 bits per heavy atom. The molecule has 0 spiro atoms. The van der Waals surface area contributed by atoms with Gasteiger partial charge in [-0.2, -0.15) is 5.10 Å². The van der Waals surface area contributed by atoms with Crippen LogP contribution in [0.2, 0.25) is 0 Å². The molecule has 4 N–H and O–H groups in total. The molecule has 29 heavy (non-hydrogen) atoms. The van der Waals surface area contributed by atoms with Gasteiger partial charge < -0.3 is 11.1 Å². The van der Waals surface area contributed by atoms with E-state index in [0.717, 1.165) is 33.3 Å². The molecule has 1 amide bonds. The van der Waals surface area contributed by atoms with Gasteiger partial charge >= 0.3 is 0 Å². The van der Waals surface area contributed by atoms with Crippen LogP contribution in [0.1, 0.15) is 22.4 Å². The van der Waals surface area contributed by atoms with Gasteiger partial charge in [-0.25, -0.2) is 0 Å². The molecule has 0 fully saturated rings. The summed E-state index contributed by atoms with van der Waals surface area (Å²) >= 11 is 0. The van der Waals surface area contributed by atoms with Gasteiger partial charge in [-0.1, -0.05) is 24.3 Å². The number of pyridine rings is 1. The maximum absolute atomic E-state index is 12.4. The molecule has 3 heterocycles. The van der Waals surface area contributed by atoms with Crippen molar-refractivity contribution in [1.29, 1.82) is 0 Å². The molecule has 4 aromatic rings. The van der Waals surface area contributed by atoms with Crippen LogP contribution < -0.4 is 11.1 Å². The Hall–Kier alpha value is -4.19. The third-order valence-electron chi connectivity index (χ3n) is 4.94. The quantitative estimate of drug-likeness (QED) is 0.367. The first-order valence-electron chi connectivity index (χ1n) is 9.17. The van der Waals surface area contributed by atoms with Gasteiger partial charge in [-0.05, 0) is 53.6 Å². The van der Waals surface area contributed by atoms with E-state index in [1.54, 1.807) is 18.5 Å². The number of aromatic amines is 1. The van der Waals surface area contributed by atoms with Crippen LogP contribution in [-0.4, -0.2) is 21.1 Å². The number of fused-ring (bicyclic) bond motifs is 2. The standard InChI is InChI=1S/C23H17N5O/c24-19-3-1-2-16-18(23(29)26-22(16)19)12-15-4-6-17-20(27-28-21(17)13-15)7-5-14-8-10-25-11-9-14/h1-13H,24H2,(H,26,29)(H,27,28)/b7-5+,18-12+. The second-order valence-corrected chi connectivity index (χ2v) is 6.81. The Bertz CT molecular complexity index is 1300. The number of hydrogen-bond donors (Lipinski definition) is 3. The first-order chi connectivity index (χ1) is 14.2. The topological polar surface area (TPSA) is 96.7 Å². The van der Waals surface area contributed by atoms with Crippen LogP contribution in [0.3, 0.4) is 0 Å². The lowest BCUT2D eigenvalue weighted by Crippen LogP contribution is -2.04. The predicted octanol–water partition coefficient (Wildman–Crippen LogP) is 4.20. The second kappa shape index (κ2) is 6.76. The highest BCUT2D eigenvalue weighted by atomic mass is 16.2. The summed E-state index contributed by atoms with van der Waals surface area (Å²) in [6, 6.07) is 15.4. The summed E-state index contributed by atoms with van der Waals surface area (Å²) < 4.78 is 0. The van der Waals surface area contributed by atoms with Crippen LogP contribution in [0.5, 0.6) is 0 Å². The maximum Gasteiger partial charge on any atom is 0.256 e. The van der Waals surface area contributed by atoms with Crippen LogP contribution in [0.15, 0.2) is 60.9 Å². The van der Waals surface area contributed by atoms with Gasteiger partial charge in [-0.15, -0.1) is 0 Å². The summed E-state index contributed by atoms with van der Waals surface area (Å²) in [7, 11) is 0. The van der Waals surface area contributed by atoms with Gasteiger partial charge in [0, 0.05) is 28.9 Å². The van der Waals surface area contributed by atoms with E-state index in [4.69, 9.17) is 5.73 Å². The molecule has 0 saturated heterocycles. The van der Waals surface area contributed by atoms with Crippen molar-refractivity contribution in [2.45, 2.75) is 0 Å². The van der Waals surface area contributed by atoms with Crippen molar-refractivity contribution in [3.8, 4) is 0 Å². The Kier molecular flexibility index (Phi) is 3.95. The molecule has 2 aromatic carbocycles. The largest absolute Gasteiger partial charge is 0.397 e. The lowest BCUT2D eigenvalue weighted by Gasteiger charge is -2.01. The molecular formula is C23H17N5O.